The Kier molecular flexibility index (Phi) is 7.57. The number of hydrogen-bond acceptors (Lipinski definition) is 5. The van der Waals surface area contributed by atoms with Crippen molar-refractivity contribution in [3.63, 3.8) is 0 Å². The first-order valence-corrected chi connectivity index (χ1v) is 9.41. The molecule has 1 heterocycles. The lowest BCUT2D eigenvalue weighted by molar-refractivity contribution is -0.770. The maximum atomic E-state index is 12.2. The van der Waals surface area contributed by atoms with Crippen LogP contribution < -0.4 is 9.47 Å². The minimum Gasteiger partial charge on any atom is -0.493 e. The van der Waals surface area contributed by atoms with E-state index in [1.807, 2.05) is 18.2 Å². The fourth-order valence-corrected chi connectivity index (χ4v) is 3.33. The van der Waals surface area contributed by atoms with Gasteiger partial charge in [-0.05, 0) is 30.5 Å². The van der Waals surface area contributed by atoms with Crippen molar-refractivity contribution in [1.29, 1.82) is 0 Å². The van der Waals surface area contributed by atoms with Gasteiger partial charge in [-0.25, -0.2) is 0 Å². The van der Waals surface area contributed by atoms with E-state index in [1.54, 1.807) is 20.4 Å². The average Bonchev–Trinajstić information content (AvgIpc) is 2.65. The molecule has 2 rings (SSSR count). The number of rotatable bonds is 10. The van der Waals surface area contributed by atoms with Crippen LogP contribution in [0.25, 0.3) is 0 Å². The fourth-order valence-electron chi connectivity index (χ4n) is 3.33. The summed E-state index contributed by atoms with van der Waals surface area (Å²) in [5.41, 5.74) is 0.559. The zero-order valence-electron chi connectivity index (χ0n) is 16.3. The third kappa shape index (κ3) is 4.81. The third-order valence-corrected chi connectivity index (χ3v) is 4.84. The number of ether oxygens (including phenoxy) is 3. The van der Waals surface area contributed by atoms with Gasteiger partial charge in [0.1, 0.15) is 0 Å². The first-order valence-electron chi connectivity index (χ1n) is 9.41. The standard InChI is InChI=1S/C20H31NO5/c1-5-7-11-20(16-9-10-17(23-3)18(13-16)24-4)14-19(25-12-8-6-2)26-21(22)15-20/h9-10,13,15,19H,5-8,11-12,14H2,1-4H3. The molecule has 0 aromatic heterocycles. The molecule has 0 radical (unpaired) electrons. The molecule has 2 unspecified atom stereocenters. The smallest absolute Gasteiger partial charge is 0.220 e. The third-order valence-electron chi connectivity index (χ3n) is 4.84. The van der Waals surface area contributed by atoms with Crippen LogP contribution in [0.15, 0.2) is 18.2 Å². The molecular formula is C20H31NO5. The largest absolute Gasteiger partial charge is 0.493 e. The molecule has 6 nitrogen and oxygen atoms in total. The molecule has 0 amide bonds. The van der Waals surface area contributed by atoms with E-state index in [9.17, 15) is 5.21 Å². The van der Waals surface area contributed by atoms with Gasteiger partial charge in [-0.1, -0.05) is 39.2 Å². The number of unbranched alkanes of at least 4 members (excludes halogenated alkanes) is 2. The molecule has 6 heteroatoms. The average molecular weight is 365 g/mol. The highest BCUT2D eigenvalue weighted by Crippen LogP contribution is 2.40. The molecule has 1 aliphatic heterocycles. The van der Waals surface area contributed by atoms with Gasteiger partial charge in [0.25, 0.3) is 0 Å². The molecule has 0 aliphatic carbocycles. The molecule has 146 valence electrons. The van der Waals surface area contributed by atoms with E-state index < -0.39 is 11.7 Å². The van der Waals surface area contributed by atoms with Crippen LogP contribution >= 0.6 is 0 Å². The summed E-state index contributed by atoms with van der Waals surface area (Å²) in [4.78, 5) is 5.90. The Bertz CT molecular complexity index is 604. The van der Waals surface area contributed by atoms with Gasteiger partial charge in [0.05, 0.1) is 19.6 Å². The second kappa shape index (κ2) is 9.67. The Morgan fingerprint density at radius 2 is 1.88 bits per heavy atom. The number of hydrogen-bond donors (Lipinski definition) is 0. The van der Waals surface area contributed by atoms with Gasteiger partial charge in [-0.3, -0.25) is 5.21 Å². The fraction of sp³-hybridized carbons (Fsp3) is 0.650. The van der Waals surface area contributed by atoms with Crippen LogP contribution in [0, 0.1) is 5.21 Å². The highest BCUT2D eigenvalue weighted by atomic mass is 16.9. The zero-order valence-corrected chi connectivity index (χ0v) is 16.3. The van der Waals surface area contributed by atoms with Gasteiger partial charge in [0.2, 0.25) is 6.21 Å². The van der Waals surface area contributed by atoms with E-state index in [1.165, 1.54) is 0 Å². The van der Waals surface area contributed by atoms with Crippen molar-refractivity contribution in [2.24, 2.45) is 0 Å². The minimum absolute atomic E-state index is 0.452. The van der Waals surface area contributed by atoms with E-state index in [2.05, 4.69) is 13.8 Å². The van der Waals surface area contributed by atoms with Crippen LogP contribution in [0.3, 0.4) is 0 Å². The molecule has 0 saturated heterocycles. The molecule has 26 heavy (non-hydrogen) atoms. The molecule has 1 aromatic carbocycles. The van der Waals surface area contributed by atoms with Crippen LogP contribution in [0.2, 0.25) is 0 Å². The Morgan fingerprint density at radius 1 is 1.15 bits per heavy atom. The molecule has 0 saturated carbocycles. The molecular weight excluding hydrogens is 334 g/mol. The topological polar surface area (TPSA) is 63.0 Å². The predicted octanol–water partition coefficient (Wildman–Crippen LogP) is 4.19. The van der Waals surface area contributed by atoms with Crippen molar-refractivity contribution >= 4 is 6.21 Å². The maximum Gasteiger partial charge on any atom is 0.220 e. The Hall–Kier alpha value is -1.95. The number of nitrogens with zero attached hydrogens (tertiary/aromatic N) is 1. The highest BCUT2D eigenvalue weighted by molar-refractivity contribution is 5.71. The minimum atomic E-state index is -0.547. The second-order valence-electron chi connectivity index (χ2n) is 6.71. The molecule has 0 bridgehead atoms. The van der Waals surface area contributed by atoms with E-state index >= 15 is 0 Å². The molecule has 0 fully saturated rings. The quantitative estimate of drug-likeness (QED) is 0.459. The van der Waals surface area contributed by atoms with Crippen LogP contribution in [0.5, 0.6) is 11.5 Å². The SMILES string of the molecule is CCCCOC1CC(CCCC)(c2ccc(OC)c(OC)c2)C=[N+]([O-])O1. The van der Waals surface area contributed by atoms with Gasteiger partial charge in [-0.15, -0.1) is 0 Å². The summed E-state index contributed by atoms with van der Waals surface area (Å²) in [6.07, 6.45) is 6.55. The molecule has 2 atom stereocenters. The van der Waals surface area contributed by atoms with Crippen LogP contribution in [-0.4, -0.2) is 38.2 Å². The Labute approximate surface area is 156 Å². The van der Waals surface area contributed by atoms with Crippen molar-refractivity contribution in [1.82, 2.24) is 0 Å². The summed E-state index contributed by atoms with van der Waals surface area (Å²) >= 11 is 0. The van der Waals surface area contributed by atoms with Gasteiger partial charge in [0.15, 0.2) is 17.8 Å². The van der Waals surface area contributed by atoms with Gasteiger partial charge in [-0.2, -0.15) is 0 Å². The zero-order chi connectivity index (χ0) is 19.0. The van der Waals surface area contributed by atoms with Crippen LogP contribution in [-0.2, 0) is 15.0 Å². The highest BCUT2D eigenvalue weighted by Gasteiger charge is 2.41. The van der Waals surface area contributed by atoms with E-state index in [-0.39, 0.29) is 0 Å². The van der Waals surface area contributed by atoms with Crippen molar-refractivity contribution < 1.29 is 24.0 Å². The summed E-state index contributed by atoms with van der Waals surface area (Å²) in [5, 5.41) is 12.2. The lowest BCUT2D eigenvalue weighted by Crippen LogP contribution is -2.43. The lowest BCUT2D eigenvalue weighted by atomic mass is 9.74. The van der Waals surface area contributed by atoms with E-state index in [4.69, 9.17) is 19.0 Å². The maximum absolute atomic E-state index is 12.2. The predicted molar refractivity (Wildman–Crippen MR) is 101 cm³/mol. The summed E-state index contributed by atoms with van der Waals surface area (Å²) in [7, 11) is 3.23. The van der Waals surface area contributed by atoms with Crippen LogP contribution in [0.4, 0.5) is 0 Å². The Morgan fingerprint density at radius 3 is 2.54 bits per heavy atom. The Balaban J connectivity index is 2.36. The first-order chi connectivity index (χ1) is 12.6. The summed E-state index contributed by atoms with van der Waals surface area (Å²) in [5.74, 6) is 1.32. The van der Waals surface area contributed by atoms with Crippen LogP contribution in [0.1, 0.15) is 57.9 Å². The molecule has 1 aliphatic rings. The van der Waals surface area contributed by atoms with E-state index in [0.29, 0.717) is 29.4 Å². The summed E-state index contributed by atoms with van der Waals surface area (Å²) < 4.78 is 16.6. The van der Waals surface area contributed by atoms with Crippen molar-refractivity contribution in [3.8, 4) is 11.5 Å². The first kappa shape index (κ1) is 20.4. The monoisotopic (exact) mass is 365 g/mol. The van der Waals surface area contributed by atoms with Crippen molar-refractivity contribution in [3.05, 3.63) is 29.0 Å². The normalized spacial score (nSPS) is 22.5. The summed E-state index contributed by atoms with van der Waals surface area (Å²) in [6, 6.07) is 5.83. The number of methoxy groups -OCH3 is 2. The van der Waals surface area contributed by atoms with E-state index in [0.717, 1.165) is 37.7 Å². The van der Waals surface area contributed by atoms with Crippen molar-refractivity contribution in [2.45, 2.75) is 64.1 Å². The van der Waals surface area contributed by atoms with Gasteiger partial charge < -0.3 is 19.0 Å². The molecule has 0 spiro atoms. The van der Waals surface area contributed by atoms with Gasteiger partial charge in [0, 0.05) is 17.9 Å². The van der Waals surface area contributed by atoms with Crippen molar-refractivity contribution in [2.75, 3.05) is 20.8 Å². The second-order valence-corrected chi connectivity index (χ2v) is 6.71. The number of benzene rings is 1. The van der Waals surface area contributed by atoms with Gasteiger partial charge >= 0.3 is 0 Å². The molecule has 1 aromatic rings. The molecule has 0 N–H and O–H groups in total. The lowest BCUT2D eigenvalue weighted by Gasteiger charge is -2.36. The summed E-state index contributed by atoms with van der Waals surface area (Å²) in [6.45, 7) is 4.84.